The lowest BCUT2D eigenvalue weighted by molar-refractivity contribution is -0.108. The number of oxime groups is 1. The molecular formula is C20H30N2O. The first-order valence-corrected chi connectivity index (χ1v) is 9.64. The molecule has 0 bridgehead atoms. The van der Waals surface area contributed by atoms with Crippen LogP contribution < -0.4 is 0 Å². The van der Waals surface area contributed by atoms with Crippen LogP contribution in [0.15, 0.2) is 5.16 Å². The first kappa shape index (κ1) is 15.5. The van der Waals surface area contributed by atoms with Crippen molar-refractivity contribution in [2.24, 2.45) is 45.6 Å². The van der Waals surface area contributed by atoms with Gasteiger partial charge in [-0.25, -0.2) is 0 Å². The number of hydrogen-bond donors (Lipinski definition) is 1. The van der Waals surface area contributed by atoms with Crippen molar-refractivity contribution in [2.45, 2.75) is 71.6 Å². The van der Waals surface area contributed by atoms with Crippen LogP contribution in [0, 0.1) is 51.8 Å². The fourth-order valence-corrected chi connectivity index (χ4v) is 7.46. The van der Waals surface area contributed by atoms with Gasteiger partial charge in [-0.15, -0.1) is 0 Å². The van der Waals surface area contributed by atoms with Gasteiger partial charge in [0.2, 0.25) is 0 Å². The Morgan fingerprint density at radius 3 is 2.70 bits per heavy atom. The minimum Gasteiger partial charge on any atom is -0.411 e. The summed E-state index contributed by atoms with van der Waals surface area (Å²) in [5.74, 6) is 2.62. The van der Waals surface area contributed by atoms with Crippen LogP contribution in [-0.2, 0) is 0 Å². The Morgan fingerprint density at radius 1 is 1.13 bits per heavy atom. The van der Waals surface area contributed by atoms with Crippen molar-refractivity contribution in [3.05, 3.63) is 0 Å². The lowest BCUT2D eigenvalue weighted by Crippen LogP contribution is -2.52. The number of fused-ring (bicyclic) bond motifs is 5. The van der Waals surface area contributed by atoms with Crippen LogP contribution in [-0.4, -0.2) is 10.9 Å². The van der Waals surface area contributed by atoms with E-state index < -0.39 is 0 Å². The molecule has 7 atom stereocenters. The molecule has 4 saturated carbocycles. The lowest BCUT2D eigenvalue weighted by Gasteiger charge is -2.60. The topological polar surface area (TPSA) is 56.4 Å². The molecule has 0 spiro atoms. The summed E-state index contributed by atoms with van der Waals surface area (Å²) in [4.78, 5) is 0. The molecule has 0 radical (unpaired) electrons. The first-order chi connectivity index (χ1) is 11.0. The van der Waals surface area contributed by atoms with E-state index in [0.29, 0.717) is 17.3 Å². The molecule has 0 aromatic heterocycles. The van der Waals surface area contributed by atoms with E-state index in [1.807, 2.05) is 0 Å². The summed E-state index contributed by atoms with van der Waals surface area (Å²) in [5.41, 5.74) is 1.44. The summed E-state index contributed by atoms with van der Waals surface area (Å²) in [6, 6.07) is 2.52. The van der Waals surface area contributed by atoms with Crippen molar-refractivity contribution < 1.29 is 5.21 Å². The van der Waals surface area contributed by atoms with Gasteiger partial charge < -0.3 is 5.21 Å². The predicted molar refractivity (Wildman–Crippen MR) is 90.1 cm³/mol. The molecule has 0 aromatic rings. The van der Waals surface area contributed by atoms with E-state index in [0.717, 1.165) is 24.0 Å². The van der Waals surface area contributed by atoms with E-state index in [-0.39, 0.29) is 11.3 Å². The first-order valence-electron chi connectivity index (χ1n) is 9.64. The molecule has 4 aliphatic rings. The third kappa shape index (κ3) is 2.03. The number of hydrogen-bond acceptors (Lipinski definition) is 3. The highest BCUT2D eigenvalue weighted by Gasteiger charge is 2.61. The molecule has 4 fully saturated rings. The normalized spacial score (nSPS) is 54.0. The van der Waals surface area contributed by atoms with E-state index in [4.69, 9.17) is 0 Å². The van der Waals surface area contributed by atoms with Crippen molar-refractivity contribution in [1.82, 2.24) is 0 Å². The van der Waals surface area contributed by atoms with E-state index in [1.165, 1.54) is 51.4 Å². The smallest absolute Gasteiger partial charge is 0.0915 e. The van der Waals surface area contributed by atoms with Crippen LogP contribution in [0.1, 0.15) is 71.6 Å². The molecule has 0 unspecified atom stereocenters. The van der Waals surface area contributed by atoms with Crippen LogP contribution in [0.2, 0.25) is 0 Å². The maximum Gasteiger partial charge on any atom is 0.0915 e. The zero-order valence-corrected chi connectivity index (χ0v) is 14.6. The van der Waals surface area contributed by atoms with Gasteiger partial charge in [0.05, 0.1) is 17.7 Å². The largest absolute Gasteiger partial charge is 0.411 e. The highest BCUT2D eigenvalue weighted by molar-refractivity contribution is 5.91. The molecule has 3 nitrogen and oxygen atoms in total. The van der Waals surface area contributed by atoms with Gasteiger partial charge in [-0.05, 0) is 79.4 Å². The maximum atomic E-state index is 9.77. The zero-order chi connectivity index (χ0) is 16.2. The Balaban J connectivity index is 1.71. The number of nitrogens with zero attached hydrogens (tertiary/aromatic N) is 2. The summed E-state index contributed by atoms with van der Waals surface area (Å²) < 4.78 is 0. The Hall–Kier alpha value is -1.04. The number of rotatable bonds is 0. The Labute approximate surface area is 140 Å². The molecular weight excluding hydrogens is 284 g/mol. The minimum absolute atomic E-state index is 0.151. The Bertz CT molecular complexity index is 564. The van der Waals surface area contributed by atoms with Gasteiger partial charge in [0.25, 0.3) is 0 Å². The lowest BCUT2D eigenvalue weighted by atomic mass is 9.45. The summed E-state index contributed by atoms with van der Waals surface area (Å²) in [7, 11) is 0. The van der Waals surface area contributed by atoms with Crippen LogP contribution in [0.5, 0.6) is 0 Å². The quantitative estimate of drug-likeness (QED) is 0.505. The van der Waals surface area contributed by atoms with Crippen molar-refractivity contribution in [3.8, 4) is 6.07 Å². The highest BCUT2D eigenvalue weighted by atomic mass is 16.4. The maximum absolute atomic E-state index is 9.77. The molecule has 4 aliphatic carbocycles. The molecule has 0 saturated heterocycles. The van der Waals surface area contributed by atoms with Crippen LogP contribution in [0.4, 0.5) is 0 Å². The third-order valence-electron chi connectivity index (χ3n) is 8.53. The average Bonchev–Trinajstić information content (AvgIpc) is 2.86. The van der Waals surface area contributed by atoms with Gasteiger partial charge in [-0.3, -0.25) is 0 Å². The fraction of sp³-hybridized carbons (Fsp3) is 0.900. The molecule has 0 amide bonds. The van der Waals surface area contributed by atoms with Gasteiger partial charge in [-0.2, -0.15) is 5.26 Å². The predicted octanol–water partition coefficient (Wildman–Crippen LogP) is 5.00. The summed E-state index contributed by atoms with van der Waals surface area (Å²) in [6.07, 6.45) is 11.6. The van der Waals surface area contributed by atoms with Crippen LogP contribution in [0.25, 0.3) is 0 Å². The van der Waals surface area contributed by atoms with E-state index in [2.05, 4.69) is 25.1 Å². The second-order valence-electron chi connectivity index (χ2n) is 9.39. The van der Waals surface area contributed by atoms with Gasteiger partial charge in [0.1, 0.15) is 0 Å². The summed E-state index contributed by atoms with van der Waals surface area (Å²) in [6.45, 7) is 4.92. The van der Waals surface area contributed by atoms with E-state index in [1.54, 1.807) is 0 Å². The molecule has 0 aliphatic heterocycles. The highest BCUT2D eigenvalue weighted by Crippen LogP contribution is 2.66. The number of nitriles is 1. The van der Waals surface area contributed by atoms with Crippen molar-refractivity contribution in [2.75, 3.05) is 0 Å². The van der Waals surface area contributed by atoms with Crippen molar-refractivity contribution in [3.63, 3.8) is 0 Å². The Kier molecular flexibility index (Phi) is 3.52. The standard InChI is InChI=1S/C20H30N2O/c1-19-10-8-16-14(18(19)15(12-21)17(11-19)22-23)7-6-13-5-3-4-9-20(13,16)2/h13-16,18,23H,3-11H2,1-2H3/b22-17+/t13-,14+,15-,16-,18-,19+,20+/m1/s1. The molecule has 0 heterocycles. The van der Waals surface area contributed by atoms with Gasteiger partial charge in [-0.1, -0.05) is 31.8 Å². The summed E-state index contributed by atoms with van der Waals surface area (Å²) >= 11 is 0. The molecule has 4 rings (SSSR count). The molecule has 126 valence electrons. The summed E-state index contributed by atoms with van der Waals surface area (Å²) in [5, 5.41) is 22.7. The molecule has 3 heteroatoms. The van der Waals surface area contributed by atoms with E-state index >= 15 is 0 Å². The fourth-order valence-electron chi connectivity index (χ4n) is 7.46. The average molecular weight is 314 g/mol. The molecule has 0 aromatic carbocycles. The second-order valence-corrected chi connectivity index (χ2v) is 9.39. The van der Waals surface area contributed by atoms with Gasteiger partial charge >= 0.3 is 0 Å². The SMILES string of the molecule is C[C@@]12CC[C@@H]3[C@H](CC[C@H]4CCCC[C@@]43C)[C@@H]1[C@H](C#N)/C(=N/O)C2. The van der Waals surface area contributed by atoms with Gasteiger partial charge in [0.15, 0.2) is 0 Å². The molecule has 1 N–H and O–H groups in total. The van der Waals surface area contributed by atoms with Gasteiger partial charge in [0, 0.05) is 0 Å². The van der Waals surface area contributed by atoms with Crippen LogP contribution in [0.3, 0.4) is 0 Å². The van der Waals surface area contributed by atoms with E-state index in [9.17, 15) is 10.5 Å². The van der Waals surface area contributed by atoms with Crippen LogP contribution >= 0.6 is 0 Å². The monoisotopic (exact) mass is 314 g/mol. The molecule has 23 heavy (non-hydrogen) atoms. The van der Waals surface area contributed by atoms with Crippen molar-refractivity contribution in [1.29, 1.82) is 5.26 Å². The minimum atomic E-state index is -0.151. The second kappa shape index (κ2) is 5.23. The Morgan fingerprint density at radius 2 is 1.96 bits per heavy atom. The zero-order valence-electron chi connectivity index (χ0n) is 14.6. The third-order valence-corrected chi connectivity index (χ3v) is 8.53. The van der Waals surface area contributed by atoms with Crippen molar-refractivity contribution >= 4 is 5.71 Å².